The molecule has 1 aromatic rings. The van der Waals surface area contributed by atoms with Crippen LogP contribution < -0.4 is 4.74 Å². The number of nitrogens with zero attached hydrogens (tertiary/aromatic N) is 1. The minimum atomic E-state index is -0.0919. The van der Waals surface area contributed by atoms with Crippen molar-refractivity contribution in [1.82, 2.24) is 4.90 Å². The van der Waals surface area contributed by atoms with Crippen molar-refractivity contribution in [2.45, 2.75) is 26.7 Å². The Morgan fingerprint density at radius 2 is 2.16 bits per heavy atom. The number of aliphatic hydroxyl groups is 1. The predicted molar refractivity (Wildman–Crippen MR) is 75.4 cm³/mol. The first-order valence-electron chi connectivity index (χ1n) is 6.65. The largest absolute Gasteiger partial charge is 0.494 e. The Kier molecular flexibility index (Phi) is 6.36. The summed E-state index contributed by atoms with van der Waals surface area (Å²) in [6.07, 6.45) is 1.000. The van der Waals surface area contributed by atoms with Crippen LogP contribution in [0.2, 0.25) is 0 Å². The maximum Gasteiger partial charge on any atom is 0.224 e. The zero-order valence-corrected chi connectivity index (χ0v) is 12.0. The zero-order chi connectivity index (χ0) is 14.3. The van der Waals surface area contributed by atoms with Crippen LogP contribution in [-0.4, -0.2) is 42.7 Å². The lowest BCUT2D eigenvalue weighted by Gasteiger charge is -2.17. The third kappa shape index (κ3) is 4.91. The van der Waals surface area contributed by atoms with Crippen LogP contribution in [0.25, 0.3) is 0 Å². The highest BCUT2D eigenvalue weighted by atomic mass is 16.5. The van der Waals surface area contributed by atoms with Crippen molar-refractivity contribution < 1.29 is 14.6 Å². The Bertz CT molecular complexity index is 418. The summed E-state index contributed by atoms with van der Waals surface area (Å²) >= 11 is 0. The quantitative estimate of drug-likeness (QED) is 0.817. The van der Waals surface area contributed by atoms with Crippen LogP contribution in [0.1, 0.15) is 24.5 Å². The minimum absolute atomic E-state index is 0.0230. The van der Waals surface area contributed by atoms with Crippen LogP contribution >= 0.6 is 0 Å². The van der Waals surface area contributed by atoms with Crippen LogP contribution in [0, 0.1) is 6.92 Å². The molecule has 4 nitrogen and oxygen atoms in total. The van der Waals surface area contributed by atoms with E-state index in [2.05, 4.69) is 6.07 Å². The highest BCUT2D eigenvalue weighted by Gasteiger charge is 2.08. The standard InChI is InChI=1S/C15H23NO3/c1-4-19-14-6-5-13(11-12(14)2)7-9-16(3)15(18)8-10-17/h5-6,11,17H,4,7-10H2,1-3H3. The molecule has 0 saturated carbocycles. The summed E-state index contributed by atoms with van der Waals surface area (Å²) in [5.74, 6) is 0.890. The number of aryl methyl sites for hydroxylation is 1. The highest BCUT2D eigenvalue weighted by molar-refractivity contribution is 5.75. The molecule has 106 valence electrons. The first-order valence-corrected chi connectivity index (χ1v) is 6.65. The van der Waals surface area contributed by atoms with Gasteiger partial charge in [0, 0.05) is 20.0 Å². The fourth-order valence-electron chi connectivity index (χ4n) is 1.89. The molecule has 1 aromatic carbocycles. The molecule has 1 rings (SSSR count). The molecule has 0 bridgehead atoms. The van der Waals surface area contributed by atoms with Gasteiger partial charge in [0.05, 0.1) is 13.2 Å². The average molecular weight is 265 g/mol. The van der Waals surface area contributed by atoms with Gasteiger partial charge in [-0.05, 0) is 37.5 Å². The van der Waals surface area contributed by atoms with Gasteiger partial charge in [0.15, 0.2) is 0 Å². The molecule has 0 saturated heterocycles. The molecule has 0 radical (unpaired) electrons. The van der Waals surface area contributed by atoms with E-state index in [0.717, 1.165) is 17.7 Å². The maximum atomic E-state index is 11.5. The van der Waals surface area contributed by atoms with E-state index in [4.69, 9.17) is 9.84 Å². The number of likely N-dealkylation sites (N-methyl/N-ethyl adjacent to an activating group) is 1. The molecular formula is C15H23NO3. The summed E-state index contributed by atoms with van der Waals surface area (Å²) in [6, 6.07) is 6.10. The molecule has 1 amide bonds. The molecule has 0 aliphatic heterocycles. The van der Waals surface area contributed by atoms with Crippen LogP contribution in [0.15, 0.2) is 18.2 Å². The van der Waals surface area contributed by atoms with Crippen molar-refractivity contribution >= 4 is 5.91 Å². The molecule has 0 unspecified atom stereocenters. The van der Waals surface area contributed by atoms with Crippen LogP contribution in [0.5, 0.6) is 5.75 Å². The zero-order valence-electron chi connectivity index (χ0n) is 12.0. The van der Waals surface area contributed by atoms with Gasteiger partial charge in [-0.2, -0.15) is 0 Å². The Balaban J connectivity index is 2.54. The first kappa shape index (κ1) is 15.5. The van der Waals surface area contributed by atoms with E-state index in [9.17, 15) is 4.79 Å². The summed E-state index contributed by atoms with van der Waals surface area (Å²) in [7, 11) is 1.76. The summed E-state index contributed by atoms with van der Waals surface area (Å²) in [6.45, 7) is 5.22. The van der Waals surface area contributed by atoms with Gasteiger partial charge in [0.2, 0.25) is 5.91 Å². The normalized spacial score (nSPS) is 10.3. The molecule has 1 N–H and O–H groups in total. The van der Waals surface area contributed by atoms with E-state index in [1.807, 2.05) is 26.0 Å². The molecule has 0 aliphatic carbocycles. The molecule has 0 spiro atoms. The van der Waals surface area contributed by atoms with Crippen molar-refractivity contribution in [2.24, 2.45) is 0 Å². The fourth-order valence-corrected chi connectivity index (χ4v) is 1.89. The highest BCUT2D eigenvalue weighted by Crippen LogP contribution is 2.19. The van der Waals surface area contributed by atoms with Gasteiger partial charge in [0.1, 0.15) is 5.75 Å². The van der Waals surface area contributed by atoms with Gasteiger partial charge in [-0.15, -0.1) is 0 Å². The maximum absolute atomic E-state index is 11.5. The lowest BCUT2D eigenvalue weighted by Crippen LogP contribution is -2.29. The second kappa shape index (κ2) is 7.79. The minimum Gasteiger partial charge on any atom is -0.494 e. The lowest BCUT2D eigenvalue weighted by molar-refractivity contribution is -0.130. The van der Waals surface area contributed by atoms with Gasteiger partial charge in [-0.1, -0.05) is 12.1 Å². The molecule has 0 aliphatic rings. The van der Waals surface area contributed by atoms with Gasteiger partial charge < -0.3 is 14.7 Å². The van der Waals surface area contributed by atoms with Crippen molar-refractivity contribution in [3.63, 3.8) is 0 Å². The second-order valence-corrected chi connectivity index (χ2v) is 4.57. The molecule has 0 heterocycles. The molecular weight excluding hydrogens is 242 g/mol. The van der Waals surface area contributed by atoms with Gasteiger partial charge >= 0.3 is 0 Å². The Labute approximate surface area is 115 Å². The van der Waals surface area contributed by atoms with Crippen molar-refractivity contribution in [2.75, 3.05) is 26.8 Å². The number of amides is 1. The smallest absolute Gasteiger partial charge is 0.224 e. The number of hydrogen-bond donors (Lipinski definition) is 1. The van der Waals surface area contributed by atoms with Crippen molar-refractivity contribution in [1.29, 1.82) is 0 Å². The summed E-state index contributed by atoms with van der Waals surface area (Å²) in [5.41, 5.74) is 2.30. The monoisotopic (exact) mass is 265 g/mol. The topological polar surface area (TPSA) is 49.8 Å². The summed E-state index contributed by atoms with van der Waals surface area (Å²) in [4.78, 5) is 13.2. The number of rotatable bonds is 7. The molecule has 0 aromatic heterocycles. The van der Waals surface area contributed by atoms with Crippen LogP contribution in [0.4, 0.5) is 0 Å². The number of benzene rings is 1. The number of aliphatic hydroxyl groups excluding tert-OH is 1. The van der Waals surface area contributed by atoms with Crippen molar-refractivity contribution in [3.8, 4) is 5.75 Å². The Morgan fingerprint density at radius 3 is 2.74 bits per heavy atom. The molecule has 0 fully saturated rings. The van der Waals surface area contributed by atoms with E-state index in [1.54, 1.807) is 11.9 Å². The van der Waals surface area contributed by atoms with E-state index in [-0.39, 0.29) is 18.9 Å². The van der Waals surface area contributed by atoms with Crippen molar-refractivity contribution in [3.05, 3.63) is 29.3 Å². The number of hydrogen-bond acceptors (Lipinski definition) is 3. The number of carbonyl (C=O) groups excluding carboxylic acids is 1. The summed E-state index contributed by atoms with van der Waals surface area (Å²) in [5, 5.41) is 8.73. The third-order valence-corrected chi connectivity index (χ3v) is 3.03. The number of ether oxygens (including phenoxy) is 1. The van der Waals surface area contributed by atoms with E-state index in [0.29, 0.717) is 13.2 Å². The summed E-state index contributed by atoms with van der Waals surface area (Å²) < 4.78 is 5.50. The third-order valence-electron chi connectivity index (χ3n) is 3.03. The Morgan fingerprint density at radius 1 is 1.42 bits per heavy atom. The van der Waals surface area contributed by atoms with E-state index >= 15 is 0 Å². The van der Waals surface area contributed by atoms with Crippen LogP contribution in [0.3, 0.4) is 0 Å². The van der Waals surface area contributed by atoms with E-state index in [1.165, 1.54) is 5.56 Å². The predicted octanol–water partition coefficient (Wildman–Crippen LogP) is 1.78. The molecule has 19 heavy (non-hydrogen) atoms. The number of carbonyl (C=O) groups is 1. The SMILES string of the molecule is CCOc1ccc(CCN(C)C(=O)CCO)cc1C. The first-order chi connectivity index (χ1) is 9.08. The average Bonchev–Trinajstić information content (AvgIpc) is 2.39. The van der Waals surface area contributed by atoms with E-state index < -0.39 is 0 Å². The fraction of sp³-hybridized carbons (Fsp3) is 0.533. The van der Waals surface area contributed by atoms with Gasteiger partial charge in [-0.3, -0.25) is 4.79 Å². The second-order valence-electron chi connectivity index (χ2n) is 4.57. The lowest BCUT2D eigenvalue weighted by atomic mass is 10.1. The molecule has 0 atom stereocenters. The molecule has 4 heteroatoms. The van der Waals surface area contributed by atoms with Gasteiger partial charge in [-0.25, -0.2) is 0 Å². The van der Waals surface area contributed by atoms with Crippen LogP contribution in [-0.2, 0) is 11.2 Å². The Hall–Kier alpha value is -1.55. The van der Waals surface area contributed by atoms with Gasteiger partial charge in [0.25, 0.3) is 0 Å².